The molecule has 0 radical (unpaired) electrons. The molecule has 0 amide bonds. The van der Waals surface area contributed by atoms with E-state index in [0.717, 1.165) is 42.9 Å². The molecule has 2 rings (SSSR count). The molecule has 0 aliphatic carbocycles. The van der Waals surface area contributed by atoms with Crippen LogP contribution in [0.15, 0.2) is 24.3 Å². The van der Waals surface area contributed by atoms with E-state index in [1.165, 1.54) is 5.56 Å². The third-order valence-corrected chi connectivity index (χ3v) is 4.02. The van der Waals surface area contributed by atoms with E-state index < -0.39 is 0 Å². The van der Waals surface area contributed by atoms with Crippen molar-refractivity contribution >= 4 is 28.9 Å². The maximum atomic E-state index is 5.91. The van der Waals surface area contributed by atoms with Crippen molar-refractivity contribution in [3.05, 3.63) is 34.9 Å². The van der Waals surface area contributed by atoms with Gasteiger partial charge in [0.15, 0.2) is 5.11 Å². The van der Waals surface area contributed by atoms with Gasteiger partial charge in [-0.05, 0) is 43.8 Å². The van der Waals surface area contributed by atoms with Gasteiger partial charge < -0.3 is 10.2 Å². The molecule has 1 aromatic rings. The predicted molar refractivity (Wildman–Crippen MR) is 89.2 cm³/mol. The average Bonchev–Trinajstić information content (AvgIpc) is 2.41. The molecule has 0 spiro atoms. The fraction of sp³-hybridized carbons (Fsp3) is 0.533. The minimum absolute atomic E-state index is 0.398. The van der Waals surface area contributed by atoms with E-state index in [1.807, 2.05) is 12.1 Å². The SMILES string of the molecule is CC(C)NC(=S)N1CCN(Cc2ccc(Cl)cc2)CC1. The highest BCUT2D eigenvalue weighted by atomic mass is 35.5. The zero-order chi connectivity index (χ0) is 14.5. The van der Waals surface area contributed by atoms with Gasteiger partial charge in [0.2, 0.25) is 0 Å². The lowest BCUT2D eigenvalue weighted by Crippen LogP contribution is -2.52. The number of rotatable bonds is 3. The summed E-state index contributed by atoms with van der Waals surface area (Å²) in [6, 6.07) is 8.50. The Morgan fingerprint density at radius 2 is 1.80 bits per heavy atom. The van der Waals surface area contributed by atoms with E-state index in [-0.39, 0.29) is 0 Å². The van der Waals surface area contributed by atoms with Crippen molar-refractivity contribution < 1.29 is 0 Å². The lowest BCUT2D eigenvalue weighted by atomic mass is 10.2. The van der Waals surface area contributed by atoms with Crippen LogP contribution < -0.4 is 5.32 Å². The Morgan fingerprint density at radius 1 is 1.20 bits per heavy atom. The standard InChI is InChI=1S/C15H22ClN3S/c1-12(2)17-15(20)19-9-7-18(8-10-19)11-13-3-5-14(16)6-4-13/h3-6,12H,7-11H2,1-2H3,(H,17,20). The second-order valence-electron chi connectivity index (χ2n) is 5.49. The summed E-state index contributed by atoms with van der Waals surface area (Å²) in [6.07, 6.45) is 0. The Kier molecular flexibility index (Phi) is 5.64. The summed E-state index contributed by atoms with van der Waals surface area (Å²) in [7, 11) is 0. The largest absolute Gasteiger partial charge is 0.360 e. The van der Waals surface area contributed by atoms with E-state index in [4.69, 9.17) is 23.8 Å². The lowest BCUT2D eigenvalue weighted by molar-refractivity contribution is 0.174. The number of thiocarbonyl (C=S) groups is 1. The van der Waals surface area contributed by atoms with Crippen molar-refractivity contribution in [3.8, 4) is 0 Å². The second-order valence-corrected chi connectivity index (χ2v) is 6.32. The summed E-state index contributed by atoms with van der Waals surface area (Å²) in [5.74, 6) is 0. The Morgan fingerprint density at radius 3 is 2.35 bits per heavy atom. The van der Waals surface area contributed by atoms with Gasteiger partial charge in [-0.25, -0.2) is 0 Å². The molecule has 0 atom stereocenters. The smallest absolute Gasteiger partial charge is 0.169 e. The van der Waals surface area contributed by atoms with Crippen LogP contribution in [0.2, 0.25) is 5.02 Å². The zero-order valence-electron chi connectivity index (χ0n) is 12.1. The van der Waals surface area contributed by atoms with Crippen LogP contribution in [-0.4, -0.2) is 47.1 Å². The number of piperazine rings is 1. The summed E-state index contributed by atoms with van der Waals surface area (Å²) in [4.78, 5) is 4.71. The molecule has 3 nitrogen and oxygen atoms in total. The first-order valence-corrected chi connectivity index (χ1v) is 7.85. The second kappa shape index (κ2) is 7.25. The van der Waals surface area contributed by atoms with Gasteiger partial charge in [-0.3, -0.25) is 4.90 Å². The zero-order valence-corrected chi connectivity index (χ0v) is 13.7. The number of nitrogens with one attached hydrogen (secondary N) is 1. The van der Waals surface area contributed by atoms with Gasteiger partial charge in [0.05, 0.1) is 0 Å². The maximum Gasteiger partial charge on any atom is 0.169 e. The number of benzene rings is 1. The number of halogens is 1. The molecule has 110 valence electrons. The molecule has 1 N–H and O–H groups in total. The van der Waals surface area contributed by atoms with E-state index in [1.54, 1.807) is 0 Å². The summed E-state index contributed by atoms with van der Waals surface area (Å²) < 4.78 is 0. The number of hydrogen-bond acceptors (Lipinski definition) is 2. The molecule has 1 heterocycles. The molecule has 1 saturated heterocycles. The van der Waals surface area contributed by atoms with Gasteiger partial charge in [-0.15, -0.1) is 0 Å². The van der Waals surface area contributed by atoms with Gasteiger partial charge >= 0.3 is 0 Å². The highest BCUT2D eigenvalue weighted by molar-refractivity contribution is 7.80. The molecule has 0 aromatic heterocycles. The van der Waals surface area contributed by atoms with Crippen molar-refractivity contribution in [3.63, 3.8) is 0 Å². The van der Waals surface area contributed by atoms with Gasteiger partial charge in [0, 0.05) is 43.8 Å². The van der Waals surface area contributed by atoms with Crippen LogP contribution in [0.25, 0.3) is 0 Å². The molecule has 1 fully saturated rings. The molecule has 0 saturated carbocycles. The lowest BCUT2D eigenvalue weighted by Gasteiger charge is -2.36. The summed E-state index contributed by atoms with van der Waals surface area (Å²) in [5, 5.41) is 4.98. The summed E-state index contributed by atoms with van der Waals surface area (Å²) in [5.41, 5.74) is 1.31. The van der Waals surface area contributed by atoms with Crippen LogP contribution in [0.3, 0.4) is 0 Å². The first-order chi connectivity index (χ1) is 9.54. The monoisotopic (exact) mass is 311 g/mol. The average molecular weight is 312 g/mol. The van der Waals surface area contributed by atoms with Gasteiger partial charge in [0.25, 0.3) is 0 Å². The van der Waals surface area contributed by atoms with Crippen molar-refractivity contribution in [2.24, 2.45) is 0 Å². The first-order valence-electron chi connectivity index (χ1n) is 7.07. The van der Waals surface area contributed by atoms with Crippen molar-refractivity contribution in [2.45, 2.75) is 26.4 Å². The quantitative estimate of drug-likeness (QED) is 0.865. The molecule has 20 heavy (non-hydrogen) atoms. The summed E-state index contributed by atoms with van der Waals surface area (Å²) in [6.45, 7) is 9.28. The van der Waals surface area contributed by atoms with Gasteiger partial charge in [-0.2, -0.15) is 0 Å². The molecule has 0 unspecified atom stereocenters. The van der Waals surface area contributed by atoms with Crippen LogP contribution in [0.4, 0.5) is 0 Å². The summed E-state index contributed by atoms with van der Waals surface area (Å²) >= 11 is 11.3. The molecule has 1 aromatic carbocycles. The van der Waals surface area contributed by atoms with Crippen LogP contribution in [-0.2, 0) is 6.54 Å². The third-order valence-electron chi connectivity index (χ3n) is 3.39. The van der Waals surface area contributed by atoms with E-state index in [2.05, 4.69) is 41.1 Å². The van der Waals surface area contributed by atoms with Crippen molar-refractivity contribution in [1.29, 1.82) is 0 Å². The minimum atomic E-state index is 0.398. The van der Waals surface area contributed by atoms with Crippen molar-refractivity contribution in [1.82, 2.24) is 15.1 Å². The van der Waals surface area contributed by atoms with Crippen molar-refractivity contribution in [2.75, 3.05) is 26.2 Å². The Hall–Kier alpha value is -0.840. The number of hydrogen-bond donors (Lipinski definition) is 1. The first kappa shape index (κ1) is 15.5. The molecular formula is C15H22ClN3S. The normalized spacial score (nSPS) is 16.5. The molecule has 5 heteroatoms. The Labute approximate surface area is 131 Å². The van der Waals surface area contributed by atoms with Gasteiger partial charge in [0.1, 0.15) is 0 Å². The molecular weight excluding hydrogens is 290 g/mol. The van der Waals surface area contributed by atoms with E-state index in [9.17, 15) is 0 Å². The fourth-order valence-corrected chi connectivity index (χ4v) is 2.84. The highest BCUT2D eigenvalue weighted by Gasteiger charge is 2.19. The molecule has 1 aliphatic heterocycles. The minimum Gasteiger partial charge on any atom is -0.360 e. The van der Waals surface area contributed by atoms with Crippen LogP contribution in [0.1, 0.15) is 19.4 Å². The van der Waals surface area contributed by atoms with Gasteiger partial charge in [-0.1, -0.05) is 23.7 Å². The van der Waals surface area contributed by atoms with E-state index in [0.29, 0.717) is 6.04 Å². The Bertz CT molecular complexity index is 439. The van der Waals surface area contributed by atoms with E-state index >= 15 is 0 Å². The maximum absolute atomic E-state index is 5.91. The number of nitrogens with zero attached hydrogens (tertiary/aromatic N) is 2. The van der Waals surface area contributed by atoms with Crippen LogP contribution >= 0.6 is 23.8 Å². The topological polar surface area (TPSA) is 18.5 Å². The fourth-order valence-electron chi connectivity index (χ4n) is 2.30. The molecule has 1 aliphatic rings. The third kappa shape index (κ3) is 4.62. The van der Waals surface area contributed by atoms with Crippen LogP contribution in [0.5, 0.6) is 0 Å². The predicted octanol–water partition coefficient (Wildman–Crippen LogP) is 2.74. The molecule has 0 bridgehead atoms. The van der Waals surface area contributed by atoms with Crippen LogP contribution in [0, 0.1) is 0 Å². The highest BCUT2D eigenvalue weighted by Crippen LogP contribution is 2.13. The Balaban J connectivity index is 1.79.